The summed E-state index contributed by atoms with van der Waals surface area (Å²) in [6.45, 7) is 17.4. The first kappa shape index (κ1) is 52.2. The summed E-state index contributed by atoms with van der Waals surface area (Å²) in [6, 6.07) is 13.1. The number of anilines is 2. The number of nitrogens with zero attached hydrogens (tertiary/aromatic N) is 8. The Morgan fingerprint density at radius 1 is 0.571 bits per heavy atom. The zero-order chi connectivity index (χ0) is 49.9. The van der Waals surface area contributed by atoms with Gasteiger partial charge in [0.15, 0.2) is 0 Å². The molecule has 7 fully saturated rings. The van der Waals surface area contributed by atoms with E-state index < -0.39 is 47.7 Å². The first-order chi connectivity index (χ1) is 33.6. The van der Waals surface area contributed by atoms with E-state index in [1.807, 2.05) is 13.0 Å². The molecule has 24 heteroatoms. The third-order valence-corrected chi connectivity index (χ3v) is 13.2. The molecule has 0 aliphatic carbocycles. The van der Waals surface area contributed by atoms with E-state index in [4.69, 9.17) is 37.5 Å². The van der Waals surface area contributed by atoms with Gasteiger partial charge in [-0.15, -0.1) is 5.06 Å². The standard InChI is InChI=1S/C21H27ClN4O5.C16H24ClN3O.C9H8N2O7/c1-15-13-23(6-7-25(15)21(29)31-26-19(27)4-5-20(26)28)14-16-2-3-17(12-18(16)22)24-8-10-30-11-9-24;1-13-11-19(5-4-18-13)12-14-2-3-15(10-16(14)17)20-6-8-21-9-7-20;12-5-1-2-6(13)10(5)17-9(16)18-11-7(14)3-4-8(11)15/h2-3,12,15H,4-11,13-14H2,1H3;2-3,10,13,18H,4-9,11-12H2,1H3;1-4H2/t15-;13-;/m00./s1. The molecule has 7 amide bonds. The van der Waals surface area contributed by atoms with Crippen molar-refractivity contribution in [2.24, 2.45) is 0 Å². The van der Waals surface area contributed by atoms with Crippen LogP contribution in [0.2, 0.25) is 10.0 Å². The van der Waals surface area contributed by atoms with Crippen LogP contribution in [0.5, 0.6) is 0 Å². The molecule has 0 unspecified atom stereocenters. The summed E-state index contributed by atoms with van der Waals surface area (Å²) in [6.07, 6.45) is -2.23. The number of hydroxylamine groups is 6. The maximum Gasteiger partial charge on any atom is 0.560 e. The van der Waals surface area contributed by atoms with Gasteiger partial charge >= 0.3 is 12.2 Å². The fourth-order valence-corrected chi connectivity index (χ4v) is 9.19. The Bertz CT molecular complexity index is 2190. The van der Waals surface area contributed by atoms with Crippen LogP contribution in [0, 0.1) is 0 Å². The van der Waals surface area contributed by atoms with Crippen LogP contribution in [-0.2, 0) is 65.8 Å². The van der Waals surface area contributed by atoms with Crippen molar-refractivity contribution in [1.29, 1.82) is 0 Å². The van der Waals surface area contributed by atoms with Crippen LogP contribution in [0.3, 0.4) is 0 Å². The fraction of sp³-hybridized carbons (Fsp3) is 0.565. The number of halogens is 2. The van der Waals surface area contributed by atoms with Crippen LogP contribution in [0.1, 0.15) is 63.5 Å². The average molecular weight is 1020 g/mol. The van der Waals surface area contributed by atoms with E-state index in [2.05, 4.69) is 71.8 Å². The number of carbonyl (C=O) groups excluding carboxylic acids is 8. The van der Waals surface area contributed by atoms with Crippen molar-refractivity contribution in [3.63, 3.8) is 0 Å². The number of hydrogen-bond acceptors (Lipinski definition) is 18. The number of rotatable bonds is 9. The quantitative estimate of drug-likeness (QED) is 0.357. The maximum absolute atomic E-state index is 12.5. The molecular weight excluding hydrogens is 957 g/mol. The summed E-state index contributed by atoms with van der Waals surface area (Å²) in [7, 11) is 0. The molecule has 7 heterocycles. The lowest BCUT2D eigenvalue weighted by Gasteiger charge is -2.39. The van der Waals surface area contributed by atoms with E-state index in [9.17, 15) is 38.4 Å². The van der Waals surface area contributed by atoms with E-state index in [-0.39, 0.29) is 54.7 Å². The summed E-state index contributed by atoms with van der Waals surface area (Å²) in [5.74, 6) is -3.68. The molecule has 7 saturated heterocycles. The molecule has 70 heavy (non-hydrogen) atoms. The minimum Gasteiger partial charge on any atom is -0.378 e. The first-order valence-electron chi connectivity index (χ1n) is 23.5. The number of ether oxygens (including phenoxy) is 2. The van der Waals surface area contributed by atoms with Gasteiger partial charge in [0.2, 0.25) is 0 Å². The van der Waals surface area contributed by atoms with E-state index in [1.165, 1.54) is 11.3 Å². The topological polar surface area (TPSA) is 221 Å². The van der Waals surface area contributed by atoms with Crippen molar-refractivity contribution < 1.29 is 62.3 Å². The molecule has 0 saturated carbocycles. The monoisotopic (exact) mass is 1020 g/mol. The zero-order valence-electron chi connectivity index (χ0n) is 39.3. The maximum atomic E-state index is 12.5. The molecule has 0 bridgehead atoms. The molecule has 2 atom stereocenters. The molecule has 2 aromatic rings. The molecule has 7 aliphatic heterocycles. The largest absolute Gasteiger partial charge is 0.560 e. The zero-order valence-corrected chi connectivity index (χ0v) is 40.8. The van der Waals surface area contributed by atoms with Crippen molar-refractivity contribution >= 4 is 82.3 Å². The van der Waals surface area contributed by atoms with Crippen LogP contribution in [0.15, 0.2) is 36.4 Å². The summed E-state index contributed by atoms with van der Waals surface area (Å²) in [5.41, 5.74) is 4.57. The van der Waals surface area contributed by atoms with Crippen molar-refractivity contribution in [2.75, 3.05) is 102 Å². The molecule has 22 nitrogen and oxygen atoms in total. The lowest BCUT2D eigenvalue weighted by atomic mass is 10.1. The number of amides is 7. The van der Waals surface area contributed by atoms with Crippen LogP contribution < -0.4 is 15.1 Å². The molecular formula is C46H59Cl2N9O13. The summed E-state index contributed by atoms with van der Waals surface area (Å²) in [4.78, 5) is 116. The predicted octanol–water partition coefficient (Wildman–Crippen LogP) is 3.12. The third kappa shape index (κ3) is 13.8. The summed E-state index contributed by atoms with van der Waals surface area (Å²) in [5, 5.41) is 6.19. The number of piperazine rings is 2. The second kappa shape index (κ2) is 24.5. The Morgan fingerprint density at radius 3 is 1.39 bits per heavy atom. The molecule has 9 rings (SSSR count). The number of nitrogens with one attached hydrogen (secondary N) is 1. The summed E-state index contributed by atoms with van der Waals surface area (Å²) < 4.78 is 10.8. The van der Waals surface area contributed by atoms with E-state index in [0.717, 1.165) is 100 Å². The number of morpholine rings is 2. The minimum absolute atomic E-state index is 0.0618. The second-order valence-corrected chi connectivity index (χ2v) is 18.5. The van der Waals surface area contributed by atoms with Gasteiger partial charge < -0.3 is 34.3 Å². The van der Waals surface area contributed by atoms with Gasteiger partial charge in [0.05, 0.1) is 26.4 Å². The average Bonchev–Trinajstić information content (AvgIpc) is 3.97. The molecule has 1 N–H and O–H groups in total. The number of carbonyl (C=O) groups is 8. The Kier molecular flexibility index (Phi) is 18.3. The van der Waals surface area contributed by atoms with Gasteiger partial charge in [0.1, 0.15) is 0 Å². The Hall–Kier alpha value is -5.62. The highest BCUT2D eigenvalue weighted by Gasteiger charge is 2.39. The highest BCUT2D eigenvalue weighted by atomic mass is 35.5. The number of imide groups is 3. The molecule has 380 valence electrons. The van der Waals surface area contributed by atoms with Gasteiger partial charge in [0, 0.05) is 151 Å². The molecule has 0 radical (unpaired) electrons. The van der Waals surface area contributed by atoms with Crippen molar-refractivity contribution in [3.8, 4) is 0 Å². The van der Waals surface area contributed by atoms with Crippen LogP contribution in [-0.4, -0.2) is 182 Å². The molecule has 0 aromatic heterocycles. The lowest BCUT2D eigenvalue weighted by molar-refractivity contribution is -0.198. The smallest absolute Gasteiger partial charge is 0.378 e. The number of benzene rings is 2. The van der Waals surface area contributed by atoms with Crippen LogP contribution in [0.4, 0.5) is 21.0 Å². The lowest BCUT2D eigenvalue weighted by Crippen LogP contribution is -2.54. The minimum atomic E-state index is -1.48. The Balaban J connectivity index is 0.000000162. The van der Waals surface area contributed by atoms with Crippen molar-refractivity contribution in [3.05, 3.63) is 57.6 Å². The predicted molar refractivity (Wildman–Crippen MR) is 250 cm³/mol. The van der Waals surface area contributed by atoms with Gasteiger partial charge in [-0.25, -0.2) is 4.79 Å². The van der Waals surface area contributed by atoms with E-state index in [0.29, 0.717) is 37.3 Å². The van der Waals surface area contributed by atoms with Crippen LogP contribution >= 0.6 is 23.2 Å². The number of hydrogen-bond donors (Lipinski definition) is 1. The normalized spacial score (nSPS) is 22.5. The van der Waals surface area contributed by atoms with Gasteiger partial charge in [-0.3, -0.25) is 48.2 Å². The SMILES string of the molecule is C[C@H]1CN(Cc2ccc(N3CCOCC3)cc2Cl)CCN1.C[C@H]1CN(Cc2ccc(N3CCOCC3)cc2Cl)CCN1C(=O)ON1C(=O)CCC1=O.O=C(ON1C(=O)CCC1=O)ON1C(=O)CCC1=O. The van der Waals surface area contributed by atoms with Gasteiger partial charge in [-0.2, -0.15) is 4.79 Å². The highest BCUT2D eigenvalue weighted by Crippen LogP contribution is 2.28. The Labute approximate surface area is 415 Å². The van der Waals surface area contributed by atoms with Gasteiger partial charge in [0.25, 0.3) is 35.4 Å². The molecule has 0 spiro atoms. The van der Waals surface area contributed by atoms with E-state index in [1.54, 1.807) is 4.90 Å². The fourth-order valence-electron chi connectivity index (χ4n) is 8.72. The van der Waals surface area contributed by atoms with Crippen molar-refractivity contribution in [2.45, 2.75) is 77.5 Å². The van der Waals surface area contributed by atoms with Crippen molar-refractivity contribution in [1.82, 2.24) is 35.2 Å². The first-order valence-corrected chi connectivity index (χ1v) is 24.2. The van der Waals surface area contributed by atoms with Crippen LogP contribution in [0.25, 0.3) is 0 Å². The van der Waals surface area contributed by atoms with E-state index >= 15 is 0 Å². The highest BCUT2D eigenvalue weighted by molar-refractivity contribution is 6.32. The van der Waals surface area contributed by atoms with Gasteiger partial charge in [-0.05, 0) is 49.2 Å². The molecule has 7 aliphatic rings. The summed E-state index contributed by atoms with van der Waals surface area (Å²) >= 11 is 13.1. The Morgan fingerprint density at radius 2 is 0.986 bits per heavy atom. The molecule has 2 aromatic carbocycles. The third-order valence-electron chi connectivity index (χ3n) is 12.5. The van der Waals surface area contributed by atoms with Gasteiger partial charge in [-0.1, -0.05) is 45.5 Å². The second-order valence-electron chi connectivity index (χ2n) is 17.7.